The van der Waals surface area contributed by atoms with Crippen molar-refractivity contribution in [3.8, 4) is 0 Å². The van der Waals surface area contributed by atoms with Gasteiger partial charge in [0.2, 0.25) is 10.0 Å². The molecular formula is C10H14BrNO3S2. The average Bonchev–Trinajstić information content (AvgIpc) is 2.29. The Hall–Kier alpha value is -0.0800. The van der Waals surface area contributed by atoms with Gasteiger partial charge in [0.05, 0.1) is 11.5 Å². The number of benzene rings is 1. The Morgan fingerprint density at radius 3 is 2.76 bits per heavy atom. The van der Waals surface area contributed by atoms with Gasteiger partial charge in [0.25, 0.3) is 0 Å². The van der Waals surface area contributed by atoms with Crippen molar-refractivity contribution in [1.82, 2.24) is 4.72 Å². The molecule has 0 aliphatic carbocycles. The van der Waals surface area contributed by atoms with Crippen LogP contribution in [-0.2, 0) is 16.6 Å². The van der Waals surface area contributed by atoms with Crippen molar-refractivity contribution < 1.29 is 13.5 Å². The summed E-state index contributed by atoms with van der Waals surface area (Å²) in [5.41, 5.74) is 0.568. The van der Waals surface area contributed by atoms with E-state index >= 15 is 0 Å². The van der Waals surface area contributed by atoms with Gasteiger partial charge in [-0.15, -0.1) is 0 Å². The zero-order valence-corrected chi connectivity index (χ0v) is 12.5. The van der Waals surface area contributed by atoms with Crippen LogP contribution in [0.2, 0.25) is 0 Å². The molecule has 0 saturated heterocycles. The largest absolute Gasteiger partial charge is 0.392 e. The van der Waals surface area contributed by atoms with E-state index < -0.39 is 10.0 Å². The Kier molecular flexibility index (Phi) is 5.94. The average molecular weight is 340 g/mol. The first-order valence-corrected chi connectivity index (χ1v) is 8.56. The van der Waals surface area contributed by atoms with Crippen molar-refractivity contribution in [3.05, 3.63) is 28.2 Å². The number of hydrogen-bond acceptors (Lipinski definition) is 4. The van der Waals surface area contributed by atoms with Crippen LogP contribution in [-0.4, -0.2) is 32.1 Å². The monoisotopic (exact) mass is 339 g/mol. The van der Waals surface area contributed by atoms with Gasteiger partial charge in [0.1, 0.15) is 0 Å². The number of sulfonamides is 1. The summed E-state index contributed by atoms with van der Waals surface area (Å²) in [7, 11) is -3.52. The van der Waals surface area contributed by atoms with E-state index in [4.69, 9.17) is 5.11 Å². The molecule has 0 aliphatic rings. The van der Waals surface area contributed by atoms with Gasteiger partial charge in [0, 0.05) is 16.8 Å². The molecule has 96 valence electrons. The molecule has 0 saturated carbocycles. The summed E-state index contributed by atoms with van der Waals surface area (Å²) in [6.07, 6.45) is 1.91. The summed E-state index contributed by atoms with van der Waals surface area (Å²) in [4.78, 5) is 0.158. The lowest BCUT2D eigenvalue weighted by Crippen LogP contribution is -2.26. The first kappa shape index (κ1) is 15.0. The molecule has 0 spiro atoms. The lowest BCUT2D eigenvalue weighted by molar-refractivity contribution is 0.281. The predicted octanol–water partition coefficient (Wildman–Crippen LogP) is 1.58. The van der Waals surface area contributed by atoms with Crippen LogP contribution < -0.4 is 4.72 Å². The van der Waals surface area contributed by atoms with E-state index in [-0.39, 0.29) is 11.5 Å². The highest BCUT2D eigenvalue weighted by Crippen LogP contribution is 2.23. The standard InChI is InChI=1S/C10H14BrNO3S2/c1-16-5-4-12-17(14,15)10-6-8(7-13)2-3-9(10)11/h2-3,6,12-13H,4-5,7H2,1H3. The maximum absolute atomic E-state index is 12.0. The van der Waals surface area contributed by atoms with Crippen LogP contribution in [0.3, 0.4) is 0 Å². The third-order valence-corrected chi connectivity index (χ3v) is 5.13. The van der Waals surface area contributed by atoms with Crippen molar-refractivity contribution in [2.45, 2.75) is 11.5 Å². The fourth-order valence-corrected chi connectivity index (χ4v) is 3.69. The maximum atomic E-state index is 12.0. The van der Waals surface area contributed by atoms with Gasteiger partial charge in [-0.1, -0.05) is 6.07 Å². The first-order chi connectivity index (χ1) is 8.01. The SMILES string of the molecule is CSCCNS(=O)(=O)c1cc(CO)ccc1Br. The van der Waals surface area contributed by atoms with Crippen molar-refractivity contribution in [2.75, 3.05) is 18.6 Å². The van der Waals surface area contributed by atoms with Crippen molar-refractivity contribution in [2.24, 2.45) is 0 Å². The fourth-order valence-electron chi connectivity index (χ4n) is 1.21. The smallest absolute Gasteiger partial charge is 0.241 e. The number of halogens is 1. The summed E-state index contributed by atoms with van der Waals surface area (Å²) in [6.45, 7) is 0.208. The molecule has 7 heteroatoms. The van der Waals surface area contributed by atoms with Gasteiger partial charge in [-0.25, -0.2) is 13.1 Å². The zero-order chi connectivity index (χ0) is 12.9. The Morgan fingerprint density at radius 1 is 1.47 bits per heavy atom. The van der Waals surface area contributed by atoms with E-state index in [1.165, 1.54) is 6.07 Å². The third kappa shape index (κ3) is 4.26. The fraction of sp³-hybridized carbons (Fsp3) is 0.400. The highest BCUT2D eigenvalue weighted by molar-refractivity contribution is 9.10. The number of aliphatic hydroxyl groups is 1. The van der Waals surface area contributed by atoms with Crippen molar-refractivity contribution >= 4 is 37.7 Å². The highest BCUT2D eigenvalue weighted by atomic mass is 79.9. The second kappa shape index (κ2) is 6.75. The minimum absolute atomic E-state index is 0.158. The zero-order valence-electron chi connectivity index (χ0n) is 9.31. The highest BCUT2D eigenvalue weighted by Gasteiger charge is 2.17. The van der Waals surface area contributed by atoms with Crippen LogP contribution in [0, 0.1) is 0 Å². The molecule has 0 heterocycles. The lowest BCUT2D eigenvalue weighted by Gasteiger charge is -2.09. The molecule has 0 unspecified atom stereocenters. The first-order valence-electron chi connectivity index (χ1n) is 4.89. The molecule has 17 heavy (non-hydrogen) atoms. The number of thioether (sulfide) groups is 1. The maximum Gasteiger partial charge on any atom is 0.241 e. The van der Waals surface area contributed by atoms with E-state index in [0.29, 0.717) is 16.6 Å². The summed E-state index contributed by atoms with van der Waals surface area (Å²) >= 11 is 4.77. The van der Waals surface area contributed by atoms with Crippen LogP contribution >= 0.6 is 27.7 Å². The van der Waals surface area contributed by atoms with Gasteiger partial charge in [-0.3, -0.25) is 0 Å². The Balaban J connectivity index is 2.97. The van der Waals surface area contributed by atoms with Gasteiger partial charge in [-0.05, 0) is 39.9 Å². The molecule has 0 aliphatic heterocycles. The van der Waals surface area contributed by atoms with E-state index in [0.717, 1.165) is 5.75 Å². The molecular weight excluding hydrogens is 326 g/mol. The Bertz CT molecular complexity index is 476. The number of nitrogens with one attached hydrogen (secondary N) is 1. The van der Waals surface area contributed by atoms with E-state index in [9.17, 15) is 8.42 Å². The van der Waals surface area contributed by atoms with Crippen LogP contribution in [0.15, 0.2) is 27.6 Å². The van der Waals surface area contributed by atoms with Crippen LogP contribution in [0.1, 0.15) is 5.56 Å². The molecule has 0 amide bonds. The predicted molar refractivity (Wildman–Crippen MR) is 73.6 cm³/mol. The topological polar surface area (TPSA) is 66.4 Å². The van der Waals surface area contributed by atoms with Gasteiger partial charge in [-0.2, -0.15) is 11.8 Å². The summed E-state index contributed by atoms with van der Waals surface area (Å²) in [5.74, 6) is 0.719. The van der Waals surface area contributed by atoms with Crippen LogP contribution in [0.5, 0.6) is 0 Å². The lowest BCUT2D eigenvalue weighted by atomic mass is 10.2. The Labute approximate surface area is 114 Å². The number of aliphatic hydroxyl groups excluding tert-OH is 1. The molecule has 1 aromatic carbocycles. The number of hydrogen-bond donors (Lipinski definition) is 2. The third-order valence-electron chi connectivity index (χ3n) is 2.07. The Morgan fingerprint density at radius 2 is 2.18 bits per heavy atom. The molecule has 0 fully saturated rings. The molecule has 2 N–H and O–H groups in total. The molecule has 1 aromatic rings. The summed E-state index contributed by atoms with van der Waals surface area (Å²) < 4.78 is 26.9. The second-order valence-electron chi connectivity index (χ2n) is 3.31. The summed E-state index contributed by atoms with van der Waals surface area (Å²) in [6, 6.07) is 4.76. The molecule has 0 atom stereocenters. The van der Waals surface area contributed by atoms with Gasteiger partial charge in [0.15, 0.2) is 0 Å². The molecule has 1 rings (SSSR count). The van der Waals surface area contributed by atoms with Crippen molar-refractivity contribution in [3.63, 3.8) is 0 Å². The second-order valence-corrected chi connectivity index (χ2v) is 6.89. The summed E-state index contributed by atoms with van der Waals surface area (Å²) in [5, 5.41) is 9.00. The van der Waals surface area contributed by atoms with E-state index in [1.54, 1.807) is 23.9 Å². The van der Waals surface area contributed by atoms with Gasteiger partial charge < -0.3 is 5.11 Å². The normalized spacial score (nSPS) is 11.7. The van der Waals surface area contributed by atoms with Crippen LogP contribution in [0.25, 0.3) is 0 Å². The molecule has 0 bridgehead atoms. The van der Waals surface area contributed by atoms with E-state index in [2.05, 4.69) is 20.7 Å². The quantitative estimate of drug-likeness (QED) is 0.772. The van der Waals surface area contributed by atoms with Gasteiger partial charge >= 0.3 is 0 Å². The van der Waals surface area contributed by atoms with Crippen LogP contribution in [0.4, 0.5) is 0 Å². The number of rotatable bonds is 6. The minimum Gasteiger partial charge on any atom is -0.392 e. The van der Waals surface area contributed by atoms with E-state index in [1.807, 2.05) is 6.26 Å². The molecule has 0 radical (unpaired) electrons. The molecule has 0 aromatic heterocycles. The molecule has 4 nitrogen and oxygen atoms in total. The van der Waals surface area contributed by atoms with Crippen molar-refractivity contribution in [1.29, 1.82) is 0 Å². The minimum atomic E-state index is -3.52.